The average Bonchev–Trinajstić information content (AvgIpc) is 3.36. The van der Waals surface area contributed by atoms with Crippen molar-refractivity contribution in [3.8, 4) is 0 Å². The third-order valence-corrected chi connectivity index (χ3v) is 11.5. The zero-order chi connectivity index (χ0) is 22.0. The highest BCUT2D eigenvalue weighted by molar-refractivity contribution is 7.09. The van der Waals surface area contributed by atoms with Gasteiger partial charge in [0.15, 0.2) is 0 Å². The van der Waals surface area contributed by atoms with Gasteiger partial charge in [-0.3, -0.25) is 4.79 Å². The molecule has 172 valence electrons. The zero-order valence-corrected chi connectivity index (χ0v) is 20.4. The van der Waals surface area contributed by atoms with Crippen LogP contribution < -0.4 is 0 Å². The van der Waals surface area contributed by atoms with Crippen molar-refractivity contribution >= 4 is 17.3 Å². The molecule has 0 amide bonds. The van der Waals surface area contributed by atoms with Crippen LogP contribution in [0.25, 0.3) is 0 Å². The van der Waals surface area contributed by atoms with E-state index in [1.165, 1.54) is 38.5 Å². The summed E-state index contributed by atoms with van der Waals surface area (Å²) in [6.07, 6.45) is 12.7. The second-order valence-corrected chi connectivity index (χ2v) is 12.7. The van der Waals surface area contributed by atoms with Crippen molar-refractivity contribution in [3.63, 3.8) is 0 Å². The van der Waals surface area contributed by atoms with Crippen LogP contribution in [0.5, 0.6) is 0 Å². The first-order valence-electron chi connectivity index (χ1n) is 12.5. The molecule has 0 bridgehead atoms. The molecule has 4 fully saturated rings. The first-order chi connectivity index (χ1) is 14.7. The smallest absolute Gasteiger partial charge is 0.302 e. The van der Waals surface area contributed by atoms with Crippen molar-refractivity contribution < 1.29 is 14.6 Å². The molecule has 9 atom stereocenters. The van der Waals surface area contributed by atoms with E-state index in [1.54, 1.807) is 18.3 Å². The largest absolute Gasteiger partial charge is 0.463 e. The maximum atomic E-state index is 11.6. The Hall–Kier alpha value is -0.940. The number of aliphatic hydroxyl groups is 1. The van der Waals surface area contributed by atoms with E-state index in [4.69, 9.17) is 4.74 Å². The number of fused-ring (bicyclic) bond motifs is 5. The van der Waals surface area contributed by atoms with Crippen LogP contribution in [0.1, 0.15) is 90.5 Å². The number of thiazole rings is 1. The molecular weight excluding hydrogens is 406 g/mol. The van der Waals surface area contributed by atoms with Gasteiger partial charge < -0.3 is 9.84 Å². The average molecular weight is 446 g/mol. The molecule has 1 aromatic heterocycles. The Kier molecular flexibility index (Phi) is 5.33. The summed E-state index contributed by atoms with van der Waals surface area (Å²) in [6.45, 7) is 8.60. The predicted octanol–water partition coefficient (Wildman–Crippen LogP) is 5.94. The lowest BCUT2D eigenvalue weighted by molar-refractivity contribution is -0.164. The van der Waals surface area contributed by atoms with Gasteiger partial charge in [-0.15, -0.1) is 11.3 Å². The molecule has 0 spiro atoms. The minimum Gasteiger partial charge on any atom is -0.463 e. The van der Waals surface area contributed by atoms with Crippen molar-refractivity contribution in [2.75, 3.05) is 0 Å². The number of esters is 1. The van der Waals surface area contributed by atoms with Crippen molar-refractivity contribution in [1.82, 2.24) is 4.98 Å². The molecule has 4 saturated carbocycles. The van der Waals surface area contributed by atoms with Gasteiger partial charge in [0.25, 0.3) is 0 Å². The fraction of sp³-hybridized carbons (Fsp3) is 0.846. The molecule has 1 heterocycles. The van der Waals surface area contributed by atoms with E-state index in [9.17, 15) is 9.90 Å². The maximum absolute atomic E-state index is 11.6. The van der Waals surface area contributed by atoms with E-state index in [1.807, 2.05) is 18.5 Å². The van der Waals surface area contributed by atoms with Crippen molar-refractivity contribution in [1.29, 1.82) is 0 Å². The molecule has 5 heteroatoms. The Morgan fingerprint density at radius 2 is 1.87 bits per heavy atom. The minimum atomic E-state index is -0.826. The monoisotopic (exact) mass is 445 g/mol. The Morgan fingerprint density at radius 1 is 1.13 bits per heavy atom. The third-order valence-electron chi connectivity index (χ3n) is 10.5. The van der Waals surface area contributed by atoms with Gasteiger partial charge in [-0.2, -0.15) is 0 Å². The Bertz CT molecular complexity index is 823. The summed E-state index contributed by atoms with van der Waals surface area (Å²) in [4.78, 5) is 16.0. The molecule has 0 saturated heterocycles. The fourth-order valence-corrected chi connectivity index (χ4v) is 9.86. The third kappa shape index (κ3) is 3.32. The minimum absolute atomic E-state index is 0.125. The fourth-order valence-electron chi connectivity index (χ4n) is 9.11. The highest BCUT2D eigenvalue weighted by Crippen LogP contribution is 2.69. The quantitative estimate of drug-likeness (QED) is 0.585. The van der Waals surface area contributed by atoms with E-state index in [0.717, 1.165) is 36.1 Å². The van der Waals surface area contributed by atoms with E-state index in [0.29, 0.717) is 23.2 Å². The number of carbonyl (C=O) groups is 1. The van der Waals surface area contributed by atoms with Gasteiger partial charge in [-0.05, 0) is 105 Å². The highest BCUT2D eigenvalue weighted by Gasteiger charge is 2.63. The molecule has 4 nitrogen and oxygen atoms in total. The number of hydrogen-bond donors (Lipinski definition) is 1. The second kappa shape index (κ2) is 7.55. The van der Waals surface area contributed by atoms with Crippen molar-refractivity contribution in [2.45, 2.75) is 97.2 Å². The number of aromatic nitrogens is 1. The standard InChI is InChI=1S/C26H39NO3S/c1-16(28)30-18-9-11-24(2)17(15-18)5-6-19-20-7-8-22(25(20,3)12-10-21(19)24)26(4,29)23-27-13-14-31-23/h13-14,17-22,29H,5-12,15H2,1-4H3/t17-,18-,19?,20?,21?,22-,24-,25-,26+/m0/s1. The molecule has 31 heavy (non-hydrogen) atoms. The molecule has 3 unspecified atom stereocenters. The van der Waals surface area contributed by atoms with Gasteiger partial charge >= 0.3 is 5.97 Å². The van der Waals surface area contributed by atoms with E-state index in [-0.39, 0.29) is 17.5 Å². The van der Waals surface area contributed by atoms with Crippen LogP contribution in [-0.4, -0.2) is 22.2 Å². The lowest BCUT2D eigenvalue weighted by Crippen LogP contribution is -2.55. The topological polar surface area (TPSA) is 59.4 Å². The predicted molar refractivity (Wildman–Crippen MR) is 122 cm³/mol. The van der Waals surface area contributed by atoms with Crippen LogP contribution in [0, 0.1) is 40.4 Å². The van der Waals surface area contributed by atoms with Crippen LogP contribution in [0.15, 0.2) is 11.6 Å². The van der Waals surface area contributed by atoms with Crippen LogP contribution in [0.2, 0.25) is 0 Å². The molecule has 1 aromatic rings. The molecule has 0 aromatic carbocycles. The summed E-state index contributed by atoms with van der Waals surface area (Å²) in [5, 5.41) is 14.5. The summed E-state index contributed by atoms with van der Waals surface area (Å²) in [5.74, 6) is 3.13. The van der Waals surface area contributed by atoms with Gasteiger partial charge in [-0.1, -0.05) is 13.8 Å². The van der Waals surface area contributed by atoms with Crippen LogP contribution in [0.3, 0.4) is 0 Å². The molecule has 5 rings (SSSR count). The SMILES string of the molecule is CC(=O)O[C@H]1CC[C@]2(C)C3CC[C@@]4(C)C(CC[C@@H]4[C@@](C)(O)c4nccs4)C3CC[C@H]2C1. The lowest BCUT2D eigenvalue weighted by Gasteiger charge is -2.61. The molecule has 4 aliphatic rings. The number of ether oxygens (including phenoxy) is 1. The Labute approximate surface area is 191 Å². The maximum Gasteiger partial charge on any atom is 0.302 e. The van der Waals surface area contributed by atoms with Crippen molar-refractivity contribution in [3.05, 3.63) is 16.6 Å². The summed E-state index contributed by atoms with van der Waals surface area (Å²) in [6, 6.07) is 0. The van der Waals surface area contributed by atoms with Crippen LogP contribution >= 0.6 is 11.3 Å². The first-order valence-corrected chi connectivity index (χ1v) is 13.3. The van der Waals surface area contributed by atoms with Gasteiger partial charge in [0, 0.05) is 18.5 Å². The van der Waals surface area contributed by atoms with Gasteiger partial charge in [0.1, 0.15) is 16.7 Å². The summed E-state index contributed by atoms with van der Waals surface area (Å²) >= 11 is 1.60. The molecule has 1 N–H and O–H groups in total. The summed E-state index contributed by atoms with van der Waals surface area (Å²) < 4.78 is 5.62. The molecule has 0 aliphatic heterocycles. The second-order valence-electron chi connectivity index (χ2n) is 11.8. The lowest BCUT2D eigenvalue weighted by atomic mass is 9.44. The first kappa shape index (κ1) is 21.9. The molecule has 0 radical (unpaired) electrons. The Morgan fingerprint density at radius 3 is 2.58 bits per heavy atom. The van der Waals surface area contributed by atoms with Gasteiger partial charge in [0.05, 0.1) is 0 Å². The van der Waals surface area contributed by atoms with Gasteiger partial charge in [0.2, 0.25) is 0 Å². The van der Waals surface area contributed by atoms with Crippen molar-refractivity contribution in [2.24, 2.45) is 40.4 Å². The van der Waals surface area contributed by atoms with E-state index in [2.05, 4.69) is 18.8 Å². The summed E-state index contributed by atoms with van der Waals surface area (Å²) in [7, 11) is 0. The van der Waals surface area contributed by atoms with Crippen LogP contribution in [-0.2, 0) is 15.1 Å². The molecule has 4 aliphatic carbocycles. The number of nitrogens with zero attached hydrogens (tertiary/aromatic N) is 1. The molecular formula is C26H39NO3S. The number of carbonyl (C=O) groups excluding carboxylic acids is 1. The van der Waals surface area contributed by atoms with E-state index < -0.39 is 5.60 Å². The summed E-state index contributed by atoms with van der Waals surface area (Å²) in [5.41, 5.74) is -0.237. The zero-order valence-electron chi connectivity index (χ0n) is 19.6. The Balaban J connectivity index is 1.37. The highest BCUT2D eigenvalue weighted by atomic mass is 32.1. The number of hydrogen-bond acceptors (Lipinski definition) is 5. The van der Waals surface area contributed by atoms with E-state index >= 15 is 0 Å². The number of rotatable bonds is 3. The van der Waals surface area contributed by atoms with Gasteiger partial charge in [-0.25, -0.2) is 4.98 Å². The van der Waals surface area contributed by atoms with Crippen LogP contribution in [0.4, 0.5) is 0 Å². The normalized spacial score (nSPS) is 46.4.